The minimum atomic E-state index is -0.863. The molecule has 7 heteroatoms. The van der Waals surface area contributed by atoms with Crippen LogP contribution in [0.5, 0.6) is 11.5 Å². The lowest BCUT2D eigenvalue weighted by molar-refractivity contribution is -0.140. The van der Waals surface area contributed by atoms with Crippen molar-refractivity contribution in [1.82, 2.24) is 4.90 Å². The summed E-state index contributed by atoms with van der Waals surface area (Å²) in [5.74, 6) is 0.0481. The third-order valence-corrected chi connectivity index (χ3v) is 5.66. The Morgan fingerprint density at radius 2 is 1.82 bits per heavy atom. The standard InChI is InChI=1S/C27H27NO6/c1-4-32-20-9-6-8-18(15-20)16-28-24(22-10-7-13-34-22)23(26(30)27(28)31)25(29)19-11-12-21(33-5-2)17(3)14-19/h6-15,24,29H,4-5,16H2,1-3H3/b25-23-. The van der Waals surface area contributed by atoms with E-state index in [1.54, 1.807) is 30.3 Å². The smallest absolute Gasteiger partial charge is 0.296 e. The van der Waals surface area contributed by atoms with E-state index in [9.17, 15) is 14.7 Å². The first-order chi connectivity index (χ1) is 16.4. The molecule has 2 heterocycles. The van der Waals surface area contributed by atoms with Crippen LogP contribution in [0.4, 0.5) is 0 Å². The van der Waals surface area contributed by atoms with Crippen LogP contribution in [0.3, 0.4) is 0 Å². The maximum absolute atomic E-state index is 13.1. The van der Waals surface area contributed by atoms with Crippen molar-refractivity contribution in [2.24, 2.45) is 0 Å². The van der Waals surface area contributed by atoms with E-state index in [1.165, 1.54) is 11.2 Å². The van der Waals surface area contributed by atoms with Crippen LogP contribution in [0.25, 0.3) is 5.76 Å². The minimum Gasteiger partial charge on any atom is -0.507 e. The van der Waals surface area contributed by atoms with Gasteiger partial charge in [0.05, 0.1) is 25.1 Å². The van der Waals surface area contributed by atoms with E-state index in [4.69, 9.17) is 13.9 Å². The molecule has 0 aliphatic carbocycles. The number of hydrogen-bond acceptors (Lipinski definition) is 6. The van der Waals surface area contributed by atoms with Gasteiger partial charge >= 0.3 is 0 Å². The van der Waals surface area contributed by atoms with Crippen LogP contribution in [0.15, 0.2) is 70.9 Å². The lowest BCUT2D eigenvalue weighted by atomic mass is 9.98. The minimum absolute atomic E-state index is 0.00975. The summed E-state index contributed by atoms with van der Waals surface area (Å²) in [5.41, 5.74) is 2.02. The topological polar surface area (TPSA) is 89.2 Å². The normalized spacial score (nSPS) is 17.3. The molecular weight excluding hydrogens is 434 g/mol. The molecule has 3 aromatic rings. The zero-order chi connectivity index (χ0) is 24.2. The van der Waals surface area contributed by atoms with Gasteiger partial charge in [0, 0.05) is 12.1 Å². The predicted molar refractivity (Wildman–Crippen MR) is 127 cm³/mol. The van der Waals surface area contributed by atoms with Crippen molar-refractivity contribution in [3.63, 3.8) is 0 Å². The number of nitrogens with zero attached hydrogens (tertiary/aromatic N) is 1. The second-order valence-electron chi connectivity index (χ2n) is 7.94. The van der Waals surface area contributed by atoms with Gasteiger partial charge in [-0.05, 0) is 74.4 Å². The summed E-state index contributed by atoms with van der Waals surface area (Å²) in [7, 11) is 0. The number of carbonyl (C=O) groups excluding carboxylic acids is 2. The molecule has 2 aromatic carbocycles. The zero-order valence-corrected chi connectivity index (χ0v) is 19.4. The molecule has 0 radical (unpaired) electrons. The maximum atomic E-state index is 13.1. The van der Waals surface area contributed by atoms with Crippen LogP contribution in [0, 0.1) is 6.92 Å². The van der Waals surface area contributed by atoms with Crippen molar-refractivity contribution in [1.29, 1.82) is 0 Å². The van der Waals surface area contributed by atoms with Crippen molar-refractivity contribution < 1.29 is 28.6 Å². The Bertz CT molecular complexity index is 1230. The number of rotatable bonds is 8. The first kappa shape index (κ1) is 23.2. The molecule has 1 unspecified atom stereocenters. The van der Waals surface area contributed by atoms with E-state index in [2.05, 4.69) is 0 Å². The van der Waals surface area contributed by atoms with E-state index in [1.807, 2.05) is 45.0 Å². The third-order valence-electron chi connectivity index (χ3n) is 5.66. The van der Waals surface area contributed by atoms with Crippen LogP contribution >= 0.6 is 0 Å². The molecule has 176 valence electrons. The Balaban J connectivity index is 1.77. The molecule has 7 nitrogen and oxygen atoms in total. The SMILES string of the molecule is CCOc1cccc(CN2C(=O)C(=O)/C(=C(\O)c3ccc(OCC)c(C)c3)C2c2ccco2)c1. The van der Waals surface area contributed by atoms with E-state index >= 15 is 0 Å². The fraction of sp³-hybridized carbons (Fsp3) is 0.259. The number of amides is 1. The Morgan fingerprint density at radius 1 is 1.03 bits per heavy atom. The molecule has 1 aliphatic heterocycles. The average Bonchev–Trinajstić information content (AvgIpc) is 3.43. The van der Waals surface area contributed by atoms with Gasteiger partial charge in [0.25, 0.3) is 11.7 Å². The molecule has 0 bridgehead atoms. The third kappa shape index (κ3) is 4.41. The van der Waals surface area contributed by atoms with Crippen LogP contribution < -0.4 is 9.47 Å². The van der Waals surface area contributed by atoms with Gasteiger partial charge in [-0.2, -0.15) is 0 Å². The molecular formula is C27H27NO6. The number of aliphatic hydroxyl groups excluding tert-OH is 1. The number of likely N-dealkylation sites (tertiary alicyclic amines) is 1. The molecule has 1 aliphatic rings. The zero-order valence-electron chi connectivity index (χ0n) is 19.4. The highest BCUT2D eigenvalue weighted by atomic mass is 16.5. The molecule has 1 atom stereocenters. The van der Waals surface area contributed by atoms with Crippen molar-refractivity contribution in [2.75, 3.05) is 13.2 Å². The quantitative estimate of drug-likeness (QED) is 0.288. The summed E-state index contributed by atoms with van der Waals surface area (Å²) in [4.78, 5) is 27.7. The first-order valence-corrected chi connectivity index (χ1v) is 11.2. The number of carbonyl (C=O) groups is 2. The summed E-state index contributed by atoms with van der Waals surface area (Å²) >= 11 is 0. The van der Waals surface area contributed by atoms with Gasteiger partial charge in [-0.3, -0.25) is 9.59 Å². The lowest BCUT2D eigenvalue weighted by Gasteiger charge is -2.23. The molecule has 1 amide bonds. The number of hydrogen-bond donors (Lipinski definition) is 1. The molecule has 0 spiro atoms. The van der Waals surface area contributed by atoms with Gasteiger partial charge in [0.15, 0.2) is 0 Å². The van der Waals surface area contributed by atoms with Crippen LogP contribution in [0.2, 0.25) is 0 Å². The Hall–Kier alpha value is -4.00. The highest BCUT2D eigenvalue weighted by Crippen LogP contribution is 2.41. The van der Waals surface area contributed by atoms with Crippen molar-refractivity contribution in [3.8, 4) is 11.5 Å². The van der Waals surface area contributed by atoms with Crippen molar-refractivity contribution in [2.45, 2.75) is 33.4 Å². The van der Waals surface area contributed by atoms with E-state index in [0.29, 0.717) is 36.0 Å². The van der Waals surface area contributed by atoms with Gasteiger partial charge in [-0.25, -0.2) is 0 Å². The van der Waals surface area contributed by atoms with Gasteiger partial charge in [0.2, 0.25) is 0 Å². The second-order valence-corrected chi connectivity index (χ2v) is 7.94. The number of furan rings is 1. The molecule has 1 N–H and O–H groups in total. The number of ketones is 1. The monoisotopic (exact) mass is 461 g/mol. The van der Waals surface area contributed by atoms with E-state index in [0.717, 1.165) is 11.1 Å². The molecule has 4 rings (SSSR count). The average molecular weight is 462 g/mol. The Morgan fingerprint density at radius 3 is 2.50 bits per heavy atom. The Kier molecular flexibility index (Phi) is 6.72. The molecule has 34 heavy (non-hydrogen) atoms. The van der Waals surface area contributed by atoms with E-state index < -0.39 is 17.7 Å². The van der Waals surface area contributed by atoms with Crippen LogP contribution in [0.1, 0.15) is 42.3 Å². The molecule has 0 saturated carbocycles. The Labute approximate surface area is 198 Å². The number of aryl methyl sites for hydroxylation is 1. The fourth-order valence-corrected chi connectivity index (χ4v) is 4.15. The van der Waals surface area contributed by atoms with Crippen molar-refractivity contribution in [3.05, 3.63) is 88.9 Å². The number of ether oxygens (including phenoxy) is 2. The van der Waals surface area contributed by atoms with Gasteiger partial charge < -0.3 is 23.9 Å². The number of benzene rings is 2. The van der Waals surface area contributed by atoms with E-state index in [-0.39, 0.29) is 17.9 Å². The summed E-state index contributed by atoms with van der Waals surface area (Å²) in [5, 5.41) is 11.2. The number of aliphatic hydroxyl groups is 1. The fourth-order valence-electron chi connectivity index (χ4n) is 4.15. The molecule has 1 saturated heterocycles. The van der Waals surface area contributed by atoms with Crippen LogP contribution in [-0.2, 0) is 16.1 Å². The largest absolute Gasteiger partial charge is 0.507 e. The maximum Gasteiger partial charge on any atom is 0.296 e. The summed E-state index contributed by atoms with van der Waals surface area (Å²) in [6, 6.07) is 15.0. The summed E-state index contributed by atoms with van der Waals surface area (Å²) < 4.78 is 16.7. The summed E-state index contributed by atoms with van der Waals surface area (Å²) in [6.07, 6.45) is 1.48. The molecule has 1 fully saturated rings. The molecule has 1 aromatic heterocycles. The highest BCUT2D eigenvalue weighted by Gasteiger charge is 2.47. The lowest BCUT2D eigenvalue weighted by Crippen LogP contribution is -2.29. The van der Waals surface area contributed by atoms with Gasteiger partial charge in [-0.15, -0.1) is 0 Å². The van der Waals surface area contributed by atoms with Crippen LogP contribution in [-0.4, -0.2) is 34.9 Å². The first-order valence-electron chi connectivity index (χ1n) is 11.2. The highest BCUT2D eigenvalue weighted by molar-refractivity contribution is 6.46. The summed E-state index contributed by atoms with van der Waals surface area (Å²) in [6.45, 7) is 6.82. The van der Waals surface area contributed by atoms with Gasteiger partial charge in [-0.1, -0.05) is 12.1 Å². The van der Waals surface area contributed by atoms with Gasteiger partial charge in [0.1, 0.15) is 29.1 Å². The number of Topliss-reactive ketones (excluding diaryl/α,β-unsaturated/α-hetero) is 1. The predicted octanol–water partition coefficient (Wildman–Crippen LogP) is 5.01. The second kappa shape index (κ2) is 9.87. The van der Waals surface area contributed by atoms with Crippen molar-refractivity contribution >= 4 is 17.4 Å².